The molecule has 178 valence electrons. The molecule has 0 aromatic heterocycles. The maximum absolute atomic E-state index is 12.1. The highest BCUT2D eigenvalue weighted by molar-refractivity contribution is 5.90. The van der Waals surface area contributed by atoms with Crippen LogP contribution in [0.2, 0.25) is 0 Å². The number of benzene rings is 1. The van der Waals surface area contributed by atoms with Gasteiger partial charge in [0.1, 0.15) is 19.0 Å². The van der Waals surface area contributed by atoms with Gasteiger partial charge in [-0.05, 0) is 43.5 Å². The van der Waals surface area contributed by atoms with E-state index in [1.165, 1.54) is 0 Å². The summed E-state index contributed by atoms with van der Waals surface area (Å²) in [5, 5.41) is 0. The summed E-state index contributed by atoms with van der Waals surface area (Å²) in [4.78, 5) is 22.5. The lowest BCUT2D eigenvalue weighted by Crippen LogP contribution is -2.16. The Hall–Kier alpha value is -2.38. The molecule has 2 atom stereocenters. The molecule has 1 aliphatic rings. The second kappa shape index (κ2) is 14.6. The largest absolute Gasteiger partial charge is 0.493 e. The van der Waals surface area contributed by atoms with Crippen molar-refractivity contribution < 1.29 is 33.3 Å². The summed E-state index contributed by atoms with van der Waals surface area (Å²) in [6.45, 7) is 3.21. The molecule has 0 radical (unpaired) electrons. The van der Waals surface area contributed by atoms with Crippen LogP contribution in [-0.4, -0.2) is 51.9 Å². The zero-order chi connectivity index (χ0) is 23.2. The van der Waals surface area contributed by atoms with Crippen LogP contribution in [0.15, 0.2) is 29.8 Å². The molecule has 0 fully saturated rings. The molecule has 1 aromatic carbocycles. The number of hydrogen-bond acceptors (Lipinski definition) is 7. The van der Waals surface area contributed by atoms with Gasteiger partial charge in [0.15, 0.2) is 11.5 Å². The molecule has 0 saturated heterocycles. The van der Waals surface area contributed by atoms with Crippen molar-refractivity contribution in [1.82, 2.24) is 0 Å². The fourth-order valence-electron chi connectivity index (χ4n) is 3.59. The molecule has 2 rings (SSSR count). The van der Waals surface area contributed by atoms with Crippen molar-refractivity contribution in [2.45, 2.75) is 70.7 Å². The van der Waals surface area contributed by atoms with Gasteiger partial charge in [-0.3, -0.25) is 0 Å². The van der Waals surface area contributed by atoms with Gasteiger partial charge in [-0.1, -0.05) is 25.3 Å². The number of carbonyl (C=O) groups is 2. The zero-order valence-corrected chi connectivity index (χ0v) is 19.5. The van der Waals surface area contributed by atoms with Gasteiger partial charge in [0.2, 0.25) is 0 Å². The molecule has 0 amide bonds. The topological polar surface area (TPSA) is 80.3 Å². The lowest BCUT2D eigenvalue weighted by atomic mass is 10.0. The Bertz CT molecular complexity index is 744. The highest BCUT2D eigenvalue weighted by atomic mass is 16.5. The van der Waals surface area contributed by atoms with E-state index in [4.69, 9.17) is 23.7 Å². The summed E-state index contributed by atoms with van der Waals surface area (Å²) < 4.78 is 27.6. The molecule has 7 heteroatoms. The fraction of sp³-hybridized carbons (Fsp3) is 0.600. The first-order valence-corrected chi connectivity index (χ1v) is 11.3. The van der Waals surface area contributed by atoms with Gasteiger partial charge in [-0.25, -0.2) is 4.79 Å². The summed E-state index contributed by atoms with van der Waals surface area (Å²) in [6.07, 6.45) is 8.52. The lowest BCUT2D eigenvalue weighted by molar-refractivity contribution is -0.139. The van der Waals surface area contributed by atoms with E-state index in [0.717, 1.165) is 44.0 Å². The maximum Gasteiger partial charge on any atom is 0.334 e. The van der Waals surface area contributed by atoms with Crippen LogP contribution in [0.4, 0.5) is 0 Å². The number of cyclic esters (lactones) is 1. The predicted octanol–water partition coefficient (Wildman–Crippen LogP) is 4.41. The van der Waals surface area contributed by atoms with Crippen molar-refractivity contribution in [1.29, 1.82) is 0 Å². The van der Waals surface area contributed by atoms with E-state index in [1.54, 1.807) is 14.2 Å². The van der Waals surface area contributed by atoms with Gasteiger partial charge in [0.05, 0.1) is 26.4 Å². The monoisotopic (exact) mass is 448 g/mol. The Kier molecular flexibility index (Phi) is 11.8. The SMILES string of the molecule is COCCOc1ccc(CO[C@H](CCCCCCC=O)CC2=C[C@@H](C)OC2=O)cc1OC. The third kappa shape index (κ3) is 9.01. The van der Waals surface area contributed by atoms with Crippen molar-refractivity contribution >= 4 is 12.3 Å². The fourth-order valence-corrected chi connectivity index (χ4v) is 3.59. The third-order valence-electron chi connectivity index (χ3n) is 5.30. The van der Waals surface area contributed by atoms with E-state index >= 15 is 0 Å². The summed E-state index contributed by atoms with van der Waals surface area (Å²) in [5.74, 6) is 1.05. The van der Waals surface area contributed by atoms with E-state index in [2.05, 4.69) is 0 Å². The minimum atomic E-state index is -0.253. The quantitative estimate of drug-likeness (QED) is 0.198. The standard InChI is InChI=1S/C25H36O7/c1-19-15-21(25(27)32-19)17-22(9-7-5-4-6-8-12-26)31-18-20-10-11-23(24(16-20)29-3)30-14-13-28-2/h10-12,15-16,19,22H,4-9,13-14,17-18H2,1-3H3/t19-,22-/m1/s1. The summed E-state index contributed by atoms with van der Waals surface area (Å²) >= 11 is 0. The minimum Gasteiger partial charge on any atom is -0.493 e. The van der Waals surface area contributed by atoms with Crippen molar-refractivity contribution in [3.05, 3.63) is 35.4 Å². The zero-order valence-electron chi connectivity index (χ0n) is 19.5. The number of esters is 1. The van der Waals surface area contributed by atoms with Crippen molar-refractivity contribution in [3.8, 4) is 11.5 Å². The van der Waals surface area contributed by atoms with Crippen molar-refractivity contribution in [2.75, 3.05) is 27.4 Å². The van der Waals surface area contributed by atoms with E-state index in [9.17, 15) is 9.59 Å². The van der Waals surface area contributed by atoms with E-state index in [-0.39, 0.29) is 18.2 Å². The second-order valence-electron chi connectivity index (χ2n) is 7.92. The lowest BCUT2D eigenvalue weighted by Gasteiger charge is -2.19. The first-order valence-electron chi connectivity index (χ1n) is 11.3. The van der Waals surface area contributed by atoms with Gasteiger partial charge in [0, 0.05) is 25.5 Å². The minimum absolute atomic E-state index is 0.0891. The first-order chi connectivity index (χ1) is 15.6. The smallest absolute Gasteiger partial charge is 0.334 e. The Morgan fingerprint density at radius 2 is 1.91 bits per heavy atom. The number of ether oxygens (including phenoxy) is 5. The van der Waals surface area contributed by atoms with Crippen LogP contribution >= 0.6 is 0 Å². The number of carbonyl (C=O) groups excluding carboxylic acids is 2. The summed E-state index contributed by atoms with van der Waals surface area (Å²) in [5.41, 5.74) is 1.65. The molecular weight excluding hydrogens is 412 g/mol. The van der Waals surface area contributed by atoms with Crippen LogP contribution in [0.3, 0.4) is 0 Å². The van der Waals surface area contributed by atoms with Gasteiger partial charge in [-0.15, -0.1) is 0 Å². The molecule has 0 saturated carbocycles. The number of hydrogen-bond donors (Lipinski definition) is 0. The highest BCUT2D eigenvalue weighted by Crippen LogP contribution is 2.29. The molecule has 0 N–H and O–H groups in total. The Balaban J connectivity index is 1.94. The molecule has 1 aromatic rings. The van der Waals surface area contributed by atoms with E-state index in [1.807, 2.05) is 31.2 Å². The van der Waals surface area contributed by atoms with Crippen LogP contribution in [0.25, 0.3) is 0 Å². The van der Waals surface area contributed by atoms with Crippen LogP contribution in [0, 0.1) is 0 Å². The Morgan fingerprint density at radius 3 is 2.59 bits per heavy atom. The molecule has 7 nitrogen and oxygen atoms in total. The van der Waals surface area contributed by atoms with Gasteiger partial charge < -0.3 is 28.5 Å². The van der Waals surface area contributed by atoms with Crippen LogP contribution in [0.5, 0.6) is 11.5 Å². The molecule has 1 heterocycles. The third-order valence-corrected chi connectivity index (χ3v) is 5.30. The van der Waals surface area contributed by atoms with Gasteiger partial charge in [-0.2, -0.15) is 0 Å². The Labute approximate surface area is 191 Å². The first kappa shape index (κ1) is 25.9. The average Bonchev–Trinajstić information content (AvgIpc) is 3.11. The van der Waals surface area contributed by atoms with Crippen LogP contribution in [0.1, 0.15) is 57.4 Å². The molecule has 0 bridgehead atoms. The molecule has 32 heavy (non-hydrogen) atoms. The molecule has 0 unspecified atom stereocenters. The molecule has 1 aliphatic heterocycles. The van der Waals surface area contributed by atoms with Crippen molar-refractivity contribution in [3.63, 3.8) is 0 Å². The van der Waals surface area contributed by atoms with Crippen molar-refractivity contribution in [2.24, 2.45) is 0 Å². The molecule has 0 spiro atoms. The molecular formula is C25H36O7. The normalized spacial score (nSPS) is 16.4. The van der Waals surface area contributed by atoms with E-state index in [0.29, 0.717) is 49.7 Å². The number of unbranched alkanes of at least 4 members (excludes halogenated alkanes) is 4. The average molecular weight is 449 g/mol. The van der Waals surface area contributed by atoms with Gasteiger partial charge in [0.25, 0.3) is 0 Å². The predicted molar refractivity (Wildman–Crippen MR) is 121 cm³/mol. The Morgan fingerprint density at radius 1 is 1.09 bits per heavy atom. The summed E-state index contributed by atoms with van der Waals surface area (Å²) in [6, 6.07) is 5.73. The number of methoxy groups -OCH3 is 2. The number of aldehydes is 1. The van der Waals surface area contributed by atoms with Crippen LogP contribution < -0.4 is 9.47 Å². The number of rotatable bonds is 17. The molecule has 0 aliphatic carbocycles. The van der Waals surface area contributed by atoms with Gasteiger partial charge >= 0.3 is 5.97 Å². The summed E-state index contributed by atoms with van der Waals surface area (Å²) in [7, 11) is 3.24. The highest BCUT2D eigenvalue weighted by Gasteiger charge is 2.25. The van der Waals surface area contributed by atoms with E-state index < -0.39 is 0 Å². The van der Waals surface area contributed by atoms with Crippen LogP contribution in [-0.2, 0) is 30.4 Å². The maximum atomic E-state index is 12.1. The second-order valence-corrected chi connectivity index (χ2v) is 7.92.